The van der Waals surface area contributed by atoms with E-state index < -0.39 is 17.3 Å². The Kier molecular flexibility index (Phi) is 5.27. The van der Waals surface area contributed by atoms with E-state index in [0.29, 0.717) is 31.6 Å². The molecule has 1 aliphatic heterocycles. The van der Waals surface area contributed by atoms with Crippen LogP contribution in [-0.4, -0.2) is 51.7 Å². The molecular formula is C17H19FN4O4. The molecule has 0 bridgehead atoms. The highest BCUT2D eigenvalue weighted by molar-refractivity contribution is 5.92. The number of nitrogens with one attached hydrogen (secondary N) is 1. The van der Waals surface area contributed by atoms with Gasteiger partial charge in [-0.25, -0.2) is 9.07 Å². The molecule has 1 fully saturated rings. The van der Waals surface area contributed by atoms with Crippen LogP contribution in [0.1, 0.15) is 28.9 Å². The molecule has 0 unspecified atom stereocenters. The maximum atomic E-state index is 13.2. The summed E-state index contributed by atoms with van der Waals surface area (Å²) < 4.78 is 19.8. The van der Waals surface area contributed by atoms with Gasteiger partial charge < -0.3 is 15.2 Å². The van der Waals surface area contributed by atoms with E-state index in [1.807, 2.05) is 0 Å². The molecule has 0 aliphatic carbocycles. The van der Waals surface area contributed by atoms with Crippen LogP contribution in [0.5, 0.6) is 0 Å². The number of nitrogens with zero attached hydrogens (tertiary/aromatic N) is 3. The third kappa shape index (κ3) is 4.05. The number of carboxylic acids is 1. The second kappa shape index (κ2) is 7.61. The van der Waals surface area contributed by atoms with Crippen LogP contribution in [0.3, 0.4) is 0 Å². The predicted octanol–water partition coefficient (Wildman–Crippen LogP) is 1.08. The van der Waals surface area contributed by atoms with Gasteiger partial charge in [0.15, 0.2) is 5.69 Å². The topological polar surface area (TPSA) is 106 Å². The van der Waals surface area contributed by atoms with E-state index in [9.17, 15) is 19.1 Å². The zero-order valence-corrected chi connectivity index (χ0v) is 14.0. The molecular weight excluding hydrogens is 343 g/mol. The maximum absolute atomic E-state index is 13.2. The summed E-state index contributed by atoms with van der Waals surface area (Å²) in [7, 11) is 0. The quantitative estimate of drug-likeness (QED) is 0.796. The van der Waals surface area contributed by atoms with Gasteiger partial charge in [0.25, 0.3) is 5.91 Å². The third-order valence-electron chi connectivity index (χ3n) is 4.50. The van der Waals surface area contributed by atoms with Crippen LogP contribution < -0.4 is 5.32 Å². The molecule has 138 valence electrons. The summed E-state index contributed by atoms with van der Waals surface area (Å²) in [4.78, 5) is 23.9. The van der Waals surface area contributed by atoms with Crippen molar-refractivity contribution in [2.75, 3.05) is 19.8 Å². The molecule has 0 saturated carbocycles. The highest BCUT2D eigenvalue weighted by atomic mass is 19.1. The highest BCUT2D eigenvalue weighted by Crippen LogP contribution is 2.30. The van der Waals surface area contributed by atoms with Gasteiger partial charge in [-0.05, 0) is 30.5 Å². The van der Waals surface area contributed by atoms with Gasteiger partial charge in [-0.2, -0.15) is 0 Å². The number of benzene rings is 1. The first-order chi connectivity index (χ1) is 12.5. The second-order valence-corrected chi connectivity index (χ2v) is 6.31. The Balaban J connectivity index is 1.62. The average Bonchev–Trinajstić information content (AvgIpc) is 3.09. The zero-order chi connectivity index (χ0) is 18.6. The number of carboxylic acid groups (broad SMARTS) is 1. The number of aliphatic carboxylic acids is 1. The van der Waals surface area contributed by atoms with Gasteiger partial charge in [-0.15, -0.1) is 5.10 Å². The van der Waals surface area contributed by atoms with Crippen molar-refractivity contribution in [1.29, 1.82) is 0 Å². The largest absolute Gasteiger partial charge is 0.481 e. The molecule has 1 aromatic carbocycles. The van der Waals surface area contributed by atoms with Gasteiger partial charge >= 0.3 is 5.97 Å². The summed E-state index contributed by atoms with van der Waals surface area (Å²) in [6, 6.07) is 6.06. The minimum Gasteiger partial charge on any atom is -0.481 e. The number of amides is 1. The fourth-order valence-electron chi connectivity index (χ4n) is 2.87. The Morgan fingerprint density at radius 1 is 1.35 bits per heavy atom. The smallest absolute Gasteiger partial charge is 0.311 e. The highest BCUT2D eigenvalue weighted by Gasteiger charge is 2.40. The first-order valence-corrected chi connectivity index (χ1v) is 8.22. The molecule has 0 spiro atoms. The lowest BCUT2D eigenvalue weighted by Gasteiger charge is -2.32. The van der Waals surface area contributed by atoms with Gasteiger partial charge in [-0.1, -0.05) is 17.3 Å². The Hall–Kier alpha value is -2.81. The summed E-state index contributed by atoms with van der Waals surface area (Å²) in [6.07, 6.45) is 2.13. The Morgan fingerprint density at radius 2 is 2.12 bits per heavy atom. The van der Waals surface area contributed by atoms with Crippen molar-refractivity contribution in [1.82, 2.24) is 20.3 Å². The lowest BCUT2D eigenvalue weighted by Crippen LogP contribution is -2.46. The lowest BCUT2D eigenvalue weighted by molar-refractivity contribution is -0.154. The summed E-state index contributed by atoms with van der Waals surface area (Å²) >= 11 is 0. The molecule has 0 radical (unpaired) electrons. The summed E-state index contributed by atoms with van der Waals surface area (Å²) in [6.45, 7) is 0.980. The van der Waals surface area contributed by atoms with Crippen LogP contribution in [0.2, 0.25) is 0 Å². The molecule has 1 amide bonds. The van der Waals surface area contributed by atoms with Crippen LogP contribution in [0.25, 0.3) is 0 Å². The molecule has 2 aromatic rings. The van der Waals surface area contributed by atoms with E-state index >= 15 is 0 Å². The zero-order valence-electron chi connectivity index (χ0n) is 14.0. The van der Waals surface area contributed by atoms with Gasteiger partial charge in [0.05, 0.1) is 18.2 Å². The van der Waals surface area contributed by atoms with Crippen molar-refractivity contribution >= 4 is 11.9 Å². The van der Waals surface area contributed by atoms with Gasteiger partial charge in [0.2, 0.25) is 0 Å². The number of ether oxygens (including phenoxy) is 1. The SMILES string of the molecule is O=C(NCC1(C(=O)O)CCOCC1)c1cn(Cc2cccc(F)c2)nn1. The van der Waals surface area contributed by atoms with Crippen molar-refractivity contribution in [2.45, 2.75) is 19.4 Å². The van der Waals surface area contributed by atoms with E-state index in [1.165, 1.54) is 23.0 Å². The first kappa shape index (κ1) is 18.0. The molecule has 1 aromatic heterocycles. The predicted molar refractivity (Wildman–Crippen MR) is 88.0 cm³/mol. The maximum Gasteiger partial charge on any atom is 0.311 e. The minimum atomic E-state index is -1.02. The van der Waals surface area contributed by atoms with Gasteiger partial charge in [-0.3, -0.25) is 9.59 Å². The molecule has 1 aliphatic rings. The normalized spacial score (nSPS) is 16.2. The van der Waals surface area contributed by atoms with Crippen molar-refractivity contribution in [2.24, 2.45) is 5.41 Å². The van der Waals surface area contributed by atoms with Crippen LogP contribution in [0.15, 0.2) is 30.5 Å². The molecule has 8 nitrogen and oxygen atoms in total. The Labute approximate surface area is 149 Å². The summed E-state index contributed by atoms with van der Waals surface area (Å²) in [5.41, 5.74) is -0.256. The van der Waals surface area contributed by atoms with Gasteiger partial charge in [0, 0.05) is 19.8 Å². The first-order valence-electron chi connectivity index (χ1n) is 8.22. The van der Waals surface area contributed by atoms with E-state index in [4.69, 9.17) is 4.74 Å². The van der Waals surface area contributed by atoms with Crippen molar-refractivity contribution in [3.63, 3.8) is 0 Å². The summed E-state index contributed by atoms with van der Waals surface area (Å²) in [5, 5.41) is 19.8. The summed E-state index contributed by atoms with van der Waals surface area (Å²) in [5.74, 6) is -1.80. The van der Waals surface area contributed by atoms with Crippen LogP contribution in [0.4, 0.5) is 4.39 Å². The Bertz CT molecular complexity index is 802. The monoisotopic (exact) mass is 362 g/mol. The molecule has 3 rings (SSSR count). The fraction of sp³-hybridized carbons (Fsp3) is 0.412. The van der Waals surface area contributed by atoms with E-state index in [-0.39, 0.29) is 24.6 Å². The van der Waals surface area contributed by atoms with E-state index in [1.54, 1.807) is 12.1 Å². The second-order valence-electron chi connectivity index (χ2n) is 6.31. The molecule has 0 atom stereocenters. The minimum absolute atomic E-state index is 0.00127. The lowest BCUT2D eigenvalue weighted by atomic mass is 9.80. The number of hydrogen-bond donors (Lipinski definition) is 2. The van der Waals surface area contributed by atoms with Crippen LogP contribution in [0, 0.1) is 11.2 Å². The van der Waals surface area contributed by atoms with Crippen molar-refractivity contribution in [3.05, 3.63) is 47.5 Å². The number of aromatic nitrogens is 3. The number of carbonyl (C=O) groups excluding carboxylic acids is 1. The van der Waals surface area contributed by atoms with E-state index in [0.717, 1.165) is 0 Å². The molecule has 2 heterocycles. The number of halogens is 1. The third-order valence-corrected chi connectivity index (χ3v) is 4.50. The number of hydrogen-bond acceptors (Lipinski definition) is 5. The van der Waals surface area contributed by atoms with Crippen molar-refractivity contribution in [3.8, 4) is 0 Å². The molecule has 9 heteroatoms. The van der Waals surface area contributed by atoms with E-state index in [2.05, 4.69) is 15.6 Å². The standard InChI is InChI=1S/C17H19FN4O4/c18-13-3-1-2-12(8-13)9-22-10-14(20-21-22)15(23)19-11-17(16(24)25)4-6-26-7-5-17/h1-3,8,10H,4-7,9,11H2,(H,19,23)(H,24,25). The molecule has 1 saturated heterocycles. The number of carbonyl (C=O) groups is 2. The molecule has 2 N–H and O–H groups in total. The van der Waals surface area contributed by atoms with Crippen LogP contribution >= 0.6 is 0 Å². The average molecular weight is 362 g/mol. The Morgan fingerprint density at radius 3 is 2.81 bits per heavy atom. The fourth-order valence-corrected chi connectivity index (χ4v) is 2.87. The number of rotatable bonds is 6. The van der Waals surface area contributed by atoms with Crippen molar-refractivity contribution < 1.29 is 23.8 Å². The van der Waals surface area contributed by atoms with Crippen LogP contribution in [-0.2, 0) is 16.1 Å². The molecule has 26 heavy (non-hydrogen) atoms. The van der Waals surface area contributed by atoms with Gasteiger partial charge in [0.1, 0.15) is 5.82 Å².